The molecule has 5 aromatic heterocycles. The molecule has 0 saturated carbocycles. The van der Waals surface area contributed by atoms with Crippen molar-refractivity contribution in [3.05, 3.63) is 164 Å². The van der Waals surface area contributed by atoms with E-state index in [9.17, 15) is 0 Å². The molecule has 0 saturated heterocycles. The summed E-state index contributed by atoms with van der Waals surface area (Å²) in [6.45, 7) is 0. The van der Waals surface area contributed by atoms with Gasteiger partial charge in [0, 0.05) is 61.4 Å². The molecule has 0 N–H and O–H groups in total. The van der Waals surface area contributed by atoms with Crippen molar-refractivity contribution >= 4 is 76.5 Å². The summed E-state index contributed by atoms with van der Waals surface area (Å²) in [4.78, 5) is 20.4. The van der Waals surface area contributed by atoms with Crippen LogP contribution < -0.4 is 0 Å². The van der Waals surface area contributed by atoms with Gasteiger partial charge in [0.05, 0.1) is 11.0 Å². The van der Waals surface area contributed by atoms with Crippen LogP contribution in [0.3, 0.4) is 0 Å². The predicted molar refractivity (Wildman–Crippen MR) is 220 cm³/mol. The number of furan rings is 2. The molecule has 0 radical (unpaired) electrons. The van der Waals surface area contributed by atoms with Gasteiger partial charge < -0.3 is 8.83 Å². The van der Waals surface area contributed by atoms with E-state index < -0.39 is 0 Å². The summed E-state index contributed by atoms with van der Waals surface area (Å²) in [6.07, 6.45) is 3.77. The van der Waals surface area contributed by atoms with E-state index in [0.717, 1.165) is 98.7 Å². The number of rotatable bonds is 4. The minimum absolute atomic E-state index is 0.534. The Hall–Kier alpha value is -7.64. The van der Waals surface area contributed by atoms with Crippen LogP contribution in [0, 0.1) is 0 Å². The first kappa shape index (κ1) is 29.9. The van der Waals surface area contributed by atoms with Crippen molar-refractivity contribution in [2.45, 2.75) is 0 Å². The zero-order chi connectivity index (χ0) is 36.0. The Morgan fingerprint density at radius 3 is 1.69 bits per heavy atom. The zero-order valence-corrected chi connectivity index (χ0v) is 29.1. The zero-order valence-electron chi connectivity index (χ0n) is 29.1. The molecule has 7 aromatic carbocycles. The number of fused-ring (bicyclic) bond motifs is 10. The molecule has 0 atom stereocenters. The second-order valence-corrected chi connectivity index (χ2v) is 13.8. The Labute approximate surface area is 312 Å². The van der Waals surface area contributed by atoms with Gasteiger partial charge in [-0.25, -0.2) is 4.98 Å². The lowest BCUT2D eigenvalue weighted by Gasteiger charge is -2.14. The maximum Gasteiger partial charge on any atom is 0.238 e. The van der Waals surface area contributed by atoms with E-state index in [1.54, 1.807) is 0 Å². The van der Waals surface area contributed by atoms with Crippen LogP contribution in [0.1, 0.15) is 0 Å². The smallest absolute Gasteiger partial charge is 0.238 e. The van der Waals surface area contributed by atoms with Gasteiger partial charge in [-0.2, -0.15) is 9.97 Å². The van der Waals surface area contributed by atoms with Crippen LogP contribution in [-0.2, 0) is 0 Å². The third-order valence-corrected chi connectivity index (χ3v) is 10.8. The molecule has 0 aliphatic heterocycles. The molecule has 7 nitrogen and oxygen atoms in total. The van der Waals surface area contributed by atoms with E-state index in [4.69, 9.17) is 23.8 Å². The molecule has 256 valence electrons. The van der Waals surface area contributed by atoms with Crippen molar-refractivity contribution in [3.8, 4) is 39.9 Å². The fourth-order valence-electron chi connectivity index (χ4n) is 8.28. The maximum atomic E-state index is 6.46. The van der Waals surface area contributed by atoms with Crippen LogP contribution >= 0.6 is 0 Å². The van der Waals surface area contributed by atoms with E-state index >= 15 is 0 Å². The highest BCUT2D eigenvalue weighted by Gasteiger charge is 2.21. The van der Waals surface area contributed by atoms with Gasteiger partial charge in [0.1, 0.15) is 22.3 Å². The molecular weight excluding hydrogens is 679 g/mol. The van der Waals surface area contributed by atoms with Gasteiger partial charge in [-0.05, 0) is 58.8 Å². The molecule has 0 fully saturated rings. The molecule has 12 rings (SSSR count). The van der Waals surface area contributed by atoms with E-state index in [1.165, 1.54) is 0 Å². The summed E-state index contributed by atoms with van der Waals surface area (Å²) in [6, 6.07) is 51.8. The van der Waals surface area contributed by atoms with Gasteiger partial charge in [0.2, 0.25) is 5.95 Å². The number of hydrogen-bond acceptors (Lipinski definition) is 6. The Balaban J connectivity index is 1.12. The molecular formula is C48H27N5O2. The first-order chi connectivity index (χ1) is 27.3. The monoisotopic (exact) mass is 705 g/mol. The fourth-order valence-corrected chi connectivity index (χ4v) is 8.28. The molecule has 12 aromatic rings. The lowest BCUT2D eigenvalue weighted by molar-refractivity contribution is 0.669. The number of para-hydroxylation sites is 4. The lowest BCUT2D eigenvalue weighted by atomic mass is 9.94. The second kappa shape index (κ2) is 11.4. The normalized spacial score (nSPS) is 12.0. The number of hydrogen-bond donors (Lipinski definition) is 0. The quantitative estimate of drug-likeness (QED) is 0.181. The first-order valence-electron chi connectivity index (χ1n) is 18.2. The van der Waals surface area contributed by atoms with Crippen LogP contribution in [0.2, 0.25) is 0 Å². The molecule has 7 heteroatoms. The summed E-state index contributed by atoms with van der Waals surface area (Å²) in [7, 11) is 0. The average Bonchev–Trinajstić information content (AvgIpc) is 3.92. The molecule has 0 amide bonds. The maximum absolute atomic E-state index is 6.46. The summed E-state index contributed by atoms with van der Waals surface area (Å²) in [5.41, 5.74) is 8.98. The summed E-state index contributed by atoms with van der Waals surface area (Å²) >= 11 is 0. The Bertz CT molecular complexity index is 3470. The molecule has 0 aliphatic rings. The topological polar surface area (TPSA) is 82.8 Å². The van der Waals surface area contributed by atoms with Crippen LogP contribution in [0.4, 0.5) is 0 Å². The van der Waals surface area contributed by atoms with Crippen molar-refractivity contribution in [1.29, 1.82) is 0 Å². The predicted octanol–water partition coefficient (Wildman–Crippen LogP) is 12.3. The summed E-state index contributed by atoms with van der Waals surface area (Å²) < 4.78 is 14.9. The van der Waals surface area contributed by atoms with Crippen LogP contribution in [0.25, 0.3) is 116 Å². The van der Waals surface area contributed by atoms with E-state index in [0.29, 0.717) is 17.6 Å². The molecule has 0 bridgehead atoms. The van der Waals surface area contributed by atoms with Gasteiger partial charge in [0.15, 0.2) is 11.6 Å². The standard InChI is InChI=1S/C48H27N5O2/c1-2-12-30-29(11-1)31(38-26-49-27-39-35-16-6-10-20-43(35)55-45(38)39)23-24-37(30)47-50-46(28-21-22-36-34-15-5-9-19-42(34)54-44(36)25-28)51-48(52-47)53-40-17-7-3-13-32(40)33-14-4-8-18-41(33)53/h1-27H. The summed E-state index contributed by atoms with van der Waals surface area (Å²) in [5.74, 6) is 1.65. The molecule has 0 aliphatic carbocycles. The molecule has 0 spiro atoms. The average molecular weight is 706 g/mol. The molecule has 5 heterocycles. The number of aromatic nitrogens is 5. The Morgan fingerprint density at radius 2 is 0.945 bits per heavy atom. The van der Waals surface area contributed by atoms with Crippen molar-refractivity contribution in [1.82, 2.24) is 24.5 Å². The van der Waals surface area contributed by atoms with Crippen LogP contribution in [-0.4, -0.2) is 24.5 Å². The number of benzene rings is 7. The Morgan fingerprint density at radius 1 is 0.382 bits per heavy atom. The summed E-state index contributed by atoms with van der Waals surface area (Å²) in [5, 5.41) is 8.47. The Kier molecular flexibility index (Phi) is 6.21. The van der Waals surface area contributed by atoms with Crippen LogP contribution in [0.15, 0.2) is 173 Å². The van der Waals surface area contributed by atoms with E-state index in [1.807, 2.05) is 54.9 Å². The fraction of sp³-hybridized carbons (Fsp3) is 0. The minimum atomic E-state index is 0.534. The highest BCUT2D eigenvalue weighted by atomic mass is 16.3. The van der Waals surface area contributed by atoms with Crippen molar-refractivity contribution in [2.75, 3.05) is 0 Å². The van der Waals surface area contributed by atoms with Crippen molar-refractivity contribution in [2.24, 2.45) is 0 Å². The van der Waals surface area contributed by atoms with Gasteiger partial charge >= 0.3 is 0 Å². The second-order valence-electron chi connectivity index (χ2n) is 13.8. The molecule has 0 unspecified atom stereocenters. The highest BCUT2D eigenvalue weighted by molar-refractivity contribution is 6.13. The van der Waals surface area contributed by atoms with Gasteiger partial charge in [-0.3, -0.25) is 9.55 Å². The van der Waals surface area contributed by atoms with Crippen molar-refractivity contribution in [3.63, 3.8) is 0 Å². The van der Waals surface area contributed by atoms with E-state index in [-0.39, 0.29) is 0 Å². The third-order valence-electron chi connectivity index (χ3n) is 10.8. The highest BCUT2D eigenvalue weighted by Crippen LogP contribution is 2.41. The van der Waals surface area contributed by atoms with Gasteiger partial charge in [0.25, 0.3) is 0 Å². The first-order valence-corrected chi connectivity index (χ1v) is 18.2. The largest absolute Gasteiger partial charge is 0.456 e. The third kappa shape index (κ3) is 4.44. The van der Waals surface area contributed by atoms with Crippen molar-refractivity contribution < 1.29 is 8.83 Å². The van der Waals surface area contributed by atoms with E-state index in [2.05, 4.69) is 119 Å². The molecule has 55 heavy (non-hydrogen) atoms. The van der Waals surface area contributed by atoms with Crippen LogP contribution in [0.5, 0.6) is 0 Å². The number of nitrogens with zero attached hydrogens (tertiary/aromatic N) is 5. The van der Waals surface area contributed by atoms with Gasteiger partial charge in [-0.15, -0.1) is 0 Å². The number of pyridine rings is 1. The van der Waals surface area contributed by atoms with Gasteiger partial charge in [-0.1, -0.05) is 109 Å². The SMILES string of the molecule is c1ccc2c(c1)oc1cc(-c3nc(-c4ccc(-c5cncc6c5oc5ccccc56)c5ccccc45)nc(-n4c5ccccc5c5ccccc54)n3)ccc12. The lowest BCUT2D eigenvalue weighted by Crippen LogP contribution is -2.06. The minimum Gasteiger partial charge on any atom is -0.456 e.